The first kappa shape index (κ1) is 23.3. The van der Waals surface area contributed by atoms with E-state index in [1.807, 2.05) is 53.2 Å². The quantitative estimate of drug-likeness (QED) is 0.222. The minimum atomic E-state index is -0.438. The van der Waals surface area contributed by atoms with Crippen molar-refractivity contribution in [2.45, 2.75) is 18.5 Å². The first-order valence-electron chi connectivity index (χ1n) is 11.5. The highest BCUT2D eigenvalue weighted by atomic mass is 35.5. The number of pyridine rings is 1. The van der Waals surface area contributed by atoms with Gasteiger partial charge in [0.1, 0.15) is 5.82 Å². The average Bonchev–Trinajstić information content (AvgIpc) is 3.49. The summed E-state index contributed by atoms with van der Waals surface area (Å²) in [6.07, 6.45) is 4.65. The molecule has 0 amide bonds. The normalized spacial score (nSPS) is 17.4. The molecule has 2 aromatic carbocycles. The third kappa shape index (κ3) is 5.01. The Balaban J connectivity index is 1.44. The number of para-hydroxylation sites is 1. The summed E-state index contributed by atoms with van der Waals surface area (Å²) in [5, 5.41) is 7.74. The molecule has 5 nitrogen and oxygen atoms in total. The van der Waals surface area contributed by atoms with Crippen LogP contribution in [0, 0.1) is 5.82 Å². The number of thiocarbonyl (C=S) groups is 1. The minimum absolute atomic E-state index is 0.0901. The van der Waals surface area contributed by atoms with Gasteiger partial charge in [-0.2, -0.15) is 0 Å². The lowest BCUT2D eigenvalue weighted by Gasteiger charge is -2.29. The van der Waals surface area contributed by atoms with E-state index in [2.05, 4.69) is 38.7 Å². The van der Waals surface area contributed by atoms with Gasteiger partial charge in [0, 0.05) is 42.6 Å². The number of hydrogen-bond acceptors (Lipinski definition) is 3. The lowest BCUT2D eigenvalue weighted by atomic mass is 10.0. The number of nitrogens with one attached hydrogen (secondary N) is 2. The summed E-state index contributed by atoms with van der Waals surface area (Å²) in [5.41, 5.74) is 3.82. The largest absolute Gasteiger partial charge is 0.385 e. The lowest BCUT2D eigenvalue weighted by molar-refractivity contribution is 0.307. The zero-order valence-corrected chi connectivity index (χ0v) is 20.5. The molecule has 0 aliphatic carbocycles. The molecule has 178 valence electrons. The van der Waals surface area contributed by atoms with Gasteiger partial charge < -0.3 is 20.1 Å². The van der Waals surface area contributed by atoms with Gasteiger partial charge in [0.05, 0.1) is 22.8 Å². The SMILES string of the molecule is Fc1ccc(-n2cccc2C2C(c3ccccn3)NC(=S)N2CCCNc2ccccc2)cc1Cl. The van der Waals surface area contributed by atoms with Gasteiger partial charge in [-0.15, -0.1) is 0 Å². The summed E-state index contributed by atoms with van der Waals surface area (Å²) in [6.45, 7) is 1.58. The third-order valence-corrected chi connectivity index (χ3v) is 6.78. The van der Waals surface area contributed by atoms with Gasteiger partial charge in [0.2, 0.25) is 0 Å². The first-order valence-corrected chi connectivity index (χ1v) is 12.3. The highest BCUT2D eigenvalue weighted by Gasteiger charge is 2.40. The number of benzene rings is 2. The number of halogens is 2. The Morgan fingerprint density at radius 3 is 2.63 bits per heavy atom. The highest BCUT2D eigenvalue weighted by Crippen LogP contribution is 2.39. The van der Waals surface area contributed by atoms with E-state index in [1.165, 1.54) is 6.07 Å². The van der Waals surface area contributed by atoms with Crippen LogP contribution >= 0.6 is 23.8 Å². The molecule has 0 saturated carbocycles. The number of anilines is 1. The summed E-state index contributed by atoms with van der Waals surface area (Å²) < 4.78 is 15.9. The summed E-state index contributed by atoms with van der Waals surface area (Å²) in [7, 11) is 0. The maximum absolute atomic E-state index is 13.8. The molecule has 2 N–H and O–H groups in total. The third-order valence-electron chi connectivity index (χ3n) is 6.14. The highest BCUT2D eigenvalue weighted by molar-refractivity contribution is 7.80. The van der Waals surface area contributed by atoms with Crippen LogP contribution in [0.1, 0.15) is 29.9 Å². The summed E-state index contributed by atoms with van der Waals surface area (Å²) >= 11 is 11.9. The van der Waals surface area contributed by atoms with Gasteiger partial charge in [-0.1, -0.05) is 35.9 Å². The Bertz CT molecular complexity index is 1300. The molecule has 1 aliphatic heterocycles. The van der Waals surface area contributed by atoms with E-state index in [0.717, 1.165) is 42.3 Å². The van der Waals surface area contributed by atoms with Crippen molar-refractivity contribution in [1.29, 1.82) is 0 Å². The van der Waals surface area contributed by atoms with Crippen LogP contribution in [-0.2, 0) is 0 Å². The van der Waals surface area contributed by atoms with Crippen LogP contribution in [0.5, 0.6) is 0 Å². The summed E-state index contributed by atoms with van der Waals surface area (Å²) in [4.78, 5) is 6.83. The first-order chi connectivity index (χ1) is 17.1. The Morgan fingerprint density at radius 1 is 1.03 bits per heavy atom. The van der Waals surface area contributed by atoms with Crippen molar-refractivity contribution in [3.05, 3.63) is 113 Å². The number of rotatable bonds is 8. The van der Waals surface area contributed by atoms with Gasteiger partial charge >= 0.3 is 0 Å². The van der Waals surface area contributed by atoms with Crippen LogP contribution in [0.4, 0.5) is 10.1 Å². The zero-order chi connectivity index (χ0) is 24.2. The van der Waals surface area contributed by atoms with E-state index < -0.39 is 5.82 Å². The van der Waals surface area contributed by atoms with Crippen molar-refractivity contribution in [2.75, 3.05) is 18.4 Å². The predicted octanol–water partition coefficient (Wildman–Crippen LogP) is 6.14. The maximum atomic E-state index is 13.8. The van der Waals surface area contributed by atoms with Crippen molar-refractivity contribution in [3.63, 3.8) is 0 Å². The smallest absolute Gasteiger partial charge is 0.170 e. The Morgan fingerprint density at radius 2 is 1.86 bits per heavy atom. The predicted molar refractivity (Wildman–Crippen MR) is 142 cm³/mol. The standard InChI is InChI=1S/C27H25ClFN5S/c28-21-18-20(12-13-22(21)29)33-16-6-11-24(33)26-25(23-10-4-5-14-31-23)32-27(35)34(26)17-7-15-30-19-8-2-1-3-9-19/h1-6,8-14,16,18,25-26,30H,7,15,17H2,(H,32,35). The minimum Gasteiger partial charge on any atom is -0.385 e. The van der Waals surface area contributed by atoms with Crippen molar-refractivity contribution >= 4 is 34.6 Å². The molecule has 5 rings (SSSR count). The Hall–Kier alpha value is -3.42. The van der Waals surface area contributed by atoms with Crippen LogP contribution in [0.15, 0.2) is 91.3 Å². The van der Waals surface area contributed by atoms with Gasteiger partial charge in [-0.3, -0.25) is 4.98 Å². The fraction of sp³-hybridized carbons (Fsp3) is 0.185. The Kier molecular flexibility index (Phi) is 6.97. The van der Waals surface area contributed by atoms with E-state index in [4.69, 9.17) is 23.8 Å². The molecule has 8 heteroatoms. The fourth-order valence-corrected chi connectivity index (χ4v) is 5.02. The molecule has 2 unspecified atom stereocenters. The molecular weight excluding hydrogens is 481 g/mol. The van der Waals surface area contributed by atoms with Gasteiger partial charge in [0.15, 0.2) is 5.11 Å². The molecule has 4 aromatic rings. The van der Waals surface area contributed by atoms with Gasteiger partial charge in [-0.05, 0) is 73.2 Å². The van der Waals surface area contributed by atoms with Crippen LogP contribution in [0.25, 0.3) is 5.69 Å². The van der Waals surface area contributed by atoms with E-state index >= 15 is 0 Å². The fourth-order valence-electron chi connectivity index (χ4n) is 4.51. The summed E-state index contributed by atoms with van der Waals surface area (Å²) in [6, 6.07) is 24.6. The molecule has 0 radical (unpaired) electrons. The van der Waals surface area contributed by atoms with E-state index in [-0.39, 0.29) is 17.1 Å². The molecular formula is C27H25ClFN5S. The second-order valence-electron chi connectivity index (χ2n) is 8.37. The molecule has 1 aliphatic rings. The van der Waals surface area contributed by atoms with Crippen molar-refractivity contribution < 1.29 is 4.39 Å². The molecule has 0 spiro atoms. The lowest BCUT2D eigenvalue weighted by Crippen LogP contribution is -2.32. The molecule has 3 heterocycles. The van der Waals surface area contributed by atoms with E-state index in [0.29, 0.717) is 5.11 Å². The van der Waals surface area contributed by atoms with Crippen molar-refractivity contribution in [2.24, 2.45) is 0 Å². The van der Waals surface area contributed by atoms with Crippen molar-refractivity contribution in [1.82, 2.24) is 19.8 Å². The maximum Gasteiger partial charge on any atom is 0.170 e. The second kappa shape index (κ2) is 10.5. The molecule has 1 fully saturated rings. The molecule has 2 aromatic heterocycles. The molecule has 0 bridgehead atoms. The van der Waals surface area contributed by atoms with Crippen LogP contribution < -0.4 is 10.6 Å². The van der Waals surface area contributed by atoms with Gasteiger partial charge in [-0.25, -0.2) is 4.39 Å². The topological polar surface area (TPSA) is 45.1 Å². The second-order valence-corrected chi connectivity index (χ2v) is 9.16. The number of aromatic nitrogens is 2. The van der Waals surface area contributed by atoms with E-state index in [9.17, 15) is 4.39 Å². The number of hydrogen-bond donors (Lipinski definition) is 2. The molecule has 35 heavy (non-hydrogen) atoms. The monoisotopic (exact) mass is 505 g/mol. The van der Waals surface area contributed by atoms with Crippen LogP contribution in [-0.4, -0.2) is 32.7 Å². The average molecular weight is 506 g/mol. The van der Waals surface area contributed by atoms with E-state index in [1.54, 1.807) is 18.3 Å². The van der Waals surface area contributed by atoms with Crippen molar-refractivity contribution in [3.8, 4) is 5.69 Å². The Labute approximate surface area is 214 Å². The van der Waals surface area contributed by atoms with Crippen LogP contribution in [0.2, 0.25) is 5.02 Å². The van der Waals surface area contributed by atoms with Gasteiger partial charge in [0.25, 0.3) is 0 Å². The van der Waals surface area contributed by atoms with Crippen LogP contribution in [0.3, 0.4) is 0 Å². The number of nitrogens with zero attached hydrogens (tertiary/aromatic N) is 3. The molecule has 1 saturated heterocycles. The summed E-state index contributed by atoms with van der Waals surface area (Å²) in [5.74, 6) is -0.438. The molecule has 2 atom stereocenters. The zero-order valence-electron chi connectivity index (χ0n) is 18.9.